The maximum absolute atomic E-state index is 14.0. The van der Waals surface area contributed by atoms with Crippen molar-refractivity contribution in [2.24, 2.45) is 0 Å². The molecule has 0 saturated carbocycles. The van der Waals surface area contributed by atoms with Gasteiger partial charge in [-0.15, -0.1) is 0 Å². The molecule has 3 aromatic rings. The van der Waals surface area contributed by atoms with Crippen LogP contribution in [-0.2, 0) is 17.9 Å². The van der Waals surface area contributed by atoms with Crippen LogP contribution in [0.5, 0.6) is 0 Å². The van der Waals surface area contributed by atoms with E-state index in [9.17, 15) is 18.8 Å². The zero-order valence-corrected chi connectivity index (χ0v) is 18.7. The van der Waals surface area contributed by atoms with Crippen molar-refractivity contribution >= 4 is 34.9 Å². The lowest BCUT2D eigenvalue weighted by atomic mass is 10.1. The number of hydrogen-bond acceptors (Lipinski definition) is 4. The van der Waals surface area contributed by atoms with Crippen LogP contribution < -0.4 is 0 Å². The molecule has 3 aromatic carbocycles. The Morgan fingerprint density at radius 1 is 1.00 bits per heavy atom. The molecule has 0 N–H and O–H groups in total. The number of amides is 3. The number of carbonyl (C=O) groups excluding carboxylic acids is 3. The maximum atomic E-state index is 14.0. The zero-order chi connectivity index (χ0) is 23.4. The van der Waals surface area contributed by atoms with Crippen LogP contribution in [-0.4, -0.2) is 33.9 Å². The third-order valence-corrected chi connectivity index (χ3v) is 6.11. The van der Waals surface area contributed by atoms with Gasteiger partial charge in [0.2, 0.25) is 0 Å². The standard InChI is InChI=1S/C26H21FN2O3S/c1-28(16-18-8-3-2-4-9-18)24(30)20-12-7-10-19(14-20)15-23-25(31)29(26(32)33-23)17-21-11-5-6-13-22(21)27/h2-15H,16-17H2,1H3/b23-15-. The van der Waals surface area contributed by atoms with Gasteiger partial charge >= 0.3 is 0 Å². The van der Waals surface area contributed by atoms with Crippen LogP contribution in [0.4, 0.5) is 9.18 Å². The summed E-state index contributed by atoms with van der Waals surface area (Å²) in [5.74, 6) is -1.10. The average Bonchev–Trinajstić information content (AvgIpc) is 3.08. The monoisotopic (exact) mass is 460 g/mol. The van der Waals surface area contributed by atoms with Gasteiger partial charge in [-0.3, -0.25) is 19.3 Å². The van der Waals surface area contributed by atoms with Gasteiger partial charge < -0.3 is 4.90 Å². The minimum absolute atomic E-state index is 0.127. The predicted octanol–water partition coefficient (Wildman–Crippen LogP) is 5.33. The molecule has 1 aliphatic heterocycles. The number of halogens is 1. The highest BCUT2D eigenvalue weighted by atomic mass is 32.2. The Labute approximate surface area is 195 Å². The normalized spacial score (nSPS) is 14.7. The molecule has 0 atom stereocenters. The highest BCUT2D eigenvalue weighted by Crippen LogP contribution is 2.33. The number of imide groups is 1. The fourth-order valence-corrected chi connectivity index (χ4v) is 4.33. The molecule has 0 spiro atoms. The molecule has 0 bridgehead atoms. The topological polar surface area (TPSA) is 57.7 Å². The van der Waals surface area contributed by atoms with Crippen molar-refractivity contribution in [3.8, 4) is 0 Å². The fraction of sp³-hybridized carbons (Fsp3) is 0.115. The predicted molar refractivity (Wildman–Crippen MR) is 127 cm³/mol. The van der Waals surface area contributed by atoms with Crippen LogP contribution in [0.1, 0.15) is 27.0 Å². The summed E-state index contributed by atoms with van der Waals surface area (Å²) in [5, 5.41) is -0.454. The van der Waals surface area contributed by atoms with Crippen LogP contribution in [0.25, 0.3) is 6.08 Å². The number of benzene rings is 3. The number of carbonyl (C=O) groups is 3. The summed E-state index contributed by atoms with van der Waals surface area (Å²) < 4.78 is 14.0. The molecule has 33 heavy (non-hydrogen) atoms. The zero-order valence-electron chi connectivity index (χ0n) is 17.9. The number of nitrogens with zero attached hydrogens (tertiary/aromatic N) is 2. The lowest BCUT2D eigenvalue weighted by Gasteiger charge is -2.17. The summed E-state index contributed by atoms with van der Waals surface area (Å²) in [7, 11) is 1.73. The van der Waals surface area contributed by atoms with Gasteiger partial charge in [0.05, 0.1) is 11.4 Å². The molecule has 1 heterocycles. The summed E-state index contributed by atoms with van der Waals surface area (Å²) in [5.41, 5.74) is 2.40. The lowest BCUT2D eigenvalue weighted by molar-refractivity contribution is -0.123. The number of rotatable bonds is 6. The Balaban J connectivity index is 1.49. The molecule has 1 saturated heterocycles. The van der Waals surface area contributed by atoms with Gasteiger partial charge in [-0.25, -0.2) is 4.39 Å². The molecule has 1 fully saturated rings. The Hall–Kier alpha value is -3.71. The Morgan fingerprint density at radius 2 is 1.73 bits per heavy atom. The van der Waals surface area contributed by atoms with Crippen molar-refractivity contribution in [2.75, 3.05) is 7.05 Å². The van der Waals surface area contributed by atoms with E-state index in [1.807, 2.05) is 30.3 Å². The first kappa shape index (κ1) is 22.5. The van der Waals surface area contributed by atoms with Crippen LogP contribution >= 0.6 is 11.8 Å². The SMILES string of the molecule is CN(Cc1ccccc1)C(=O)c1cccc(/C=C2\SC(=O)N(Cc3ccccc3F)C2=O)c1. The van der Waals surface area contributed by atoms with Gasteiger partial charge in [0.15, 0.2) is 0 Å². The van der Waals surface area contributed by atoms with Gasteiger partial charge in [0.25, 0.3) is 17.1 Å². The average molecular weight is 461 g/mol. The highest BCUT2D eigenvalue weighted by Gasteiger charge is 2.35. The van der Waals surface area contributed by atoms with Crippen molar-refractivity contribution in [1.82, 2.24) is 9.80 Å². The molecule has 0 radical (unpaired) electrons. The lowest BCUT2D eigenvalue weighted by Crippen LogP contribution is -2.28. The smallest absolute Gasteiger partial charge is 0.293 e. The van der Waals surface area contributed by atoms with E-state index in [0.29, 0.717) is 17.7 Å². The summed E-state index contributed by atoms with van der Waals surface area (Å²) >= 11 is 0.805. The maximum Gasteiger partial charge on any atom is 0.293 e. The van der Waals surface area contributed by atoms with E-state index in [-0.39, 0.29) is 22.9 Å². The molecule has 0 aliphatic carbocycles. The highest BCUT2D eigenvalue weighted by molar-refractivity contribution is 8.18. The second-order valence-corrected chi connectivity index (χ2v) is 8.62. The van der Waals surface area contributed by atoms with Gasteiger partial charge in [-0.2, -0.15) is 0 Å². The van der Waals surface area contributed by atoms with E-state index in [1.165, 1.54) is 6.07 Å². The number of thioether (sulfide) groups is 1. The third kappa shape index (κ3) is 5.21. The van der Waals surface area contributed by atoms with Crippen LogP contribution in [0, 0.1) is 5.82 Å². The second-order valence-electron chi connectivity index (χ2n) is 7.63. The van der Waals surface area contributed by atoms with Crippen molar-refractivity contribution in [2.45, 2.75) is 13.1 Å². The minimum atomic E-state index is -0.480. The largest absolute Gasteiger partial charge is 0.337 e. The van der Waals surface area contributed by atoms with Crippen molar-refractivity contribution < 1.29 is 18.8 Å². The Bertz CT molecular complexity index is 1240. The summed E-state index contributed by atoms with van der Waals surface area (Å²) in [4.78, 5) is 40.9. The summed E-state index contributed by atoms with van der Waals surface area (Å²) in [6, 6.07) is 22.6. The second kappa shape index (κ2) is 9.83. The van der Waals surface area contributed by atoms with Gasteiger partial charge in [0, 0.05) is 24.7 Å². The first-order chi connectivity index (χ1) is 15.9. The number of hydrogen-bond donors (Lipinski definition) is 0. The van der Waals surface area contributed by atoms with E-state index in [0.717, 1.165) is 22.2 Å². The molecular weight excluding hydrogens is 439 g/mol. The van der Waals surface area contributed by atoms with Crippen LogP contribution in [0.3, 0.4) is 0 Å². The van der Waals surface area contributed by atoms with Gasteiger partial charge in [-0.1, -0.05) is 60.7 Å². The molecule has 0 unspecified atom stereocenters. The molecular formula is C26H21FN2O3S. The molecule has 1 aliphatic rings. The molecule has 166 valence electrons. The Kier molecular flexibility index (Phi) is 6.70. The molecule has 5 nitrogen and oxygen atoms in total. The molecule has 0 aromatic heterocycles. The van der Waals surface area contributed by atoms with E-state index >= 15 is 0 Å². The van der Waals surface area contributed by atoms with Crippen molar-refractivity contribution in [1.29, 1.82) is 0 Å². The molecule has 4 rings (SSSR count). The van der Waals surface area contributed by atoms with Crippen molar-refractivity contribution in [3.05, 3.63) is 112 Å². The van der Waals surface area contributed by atoms with E-state index in [2.05, 4.69) is 0 Å². The van der Waals surface area contributed by atoms with E-state index in [4.69, 9.17) is 0 Å². The quantitative estimate of drug-likeness (QED) is 0.467. The van der Waals surface area contributed by atoms with Crippen LogP contribution in [0.15, 0.2) is 83.8 Å². The third-order valence-electron chi connectivity index (χ3n) is 5.20. The van der Waals surface area contributed by atoms with Gasteiger partial charge in [-0.05, 0) is 47.2 Å². The first-order valence-electron chi connectivity index (χ1n) is 10.3. The molecule has 3 amide bonds. The minimum Gasteiger partial charge on any atom is -0.337 e. The fourth-order valence-electron chi connectivity index (χ4n) is 3.50. The van der Waals surface area contributed by atoms with E-state index in [1.54, 1.807) is 60.5 Å². The summed E-state index contributed by atoms with van der Waals surface area (Å²) in [6.07, 6.45) is 1.58. The Morgan fingerprint density at radius 3 is 2.48 bits per heavy atom. The van der Waals surface area contributed by atoms with Crippen molar-refractivity contribution in [3.63, 3.8) is 0 Å². The first-order valence-corrected chi connectivity index (χ1v) is 11.1. The summed E-state index contributed by atoms with van der Waals surface area (Å²) in [6.45, 7) is 0.344. The van der Waals surface area contributed by atoms with E-state index < -0.39 is 17.0 Å². The van der Waals surface area contributed by atoms with Crippen LogP contribution in [0.2, 0.25) is 0 Å². The molecule has 7 heteroatoms. The van der Waals surface area contributed by atoms with Gasteiger partial charge in [0.1, 0.15) is 5.82 Å².